The summed E-state index contributed by atoms with van der Waals surface area (Å²) in [4.78, 5) is 36.4. The van der Waals surface area contributed by atoms with Crippen LogP contribution in [-0.2, 0) is 0 Å². The van der Waals surface area contributed by atoms with Gasteiger partial charge in [0.15, 0.2) is 11.6 Å². The number of aromatic nitrogens is 8. The average Bonchev–Trinajstić information content (AvgIpc) is 1.61. The predicted octanol–water partition coefficient (Wildman–Crippen LogP) is 28.1. The number of anilines is 6. The molecule has 0 amide bonds. The summed E-state index contributed by atoms with van der Waals surface area (Å²) in [5.41, 5.74) is 29.7. The molecule has 0 fully saturated rings. The molecular weight excluding hydrogens is 1450 g/mol. The molecule has 22 aromatic rings. The van der Waals surface area contributed by atoms with Crippen LogP contribution in [0.2, 0.25) is 0 Å². The molecule has 0 saturated heterocycles. The van der Waals surface area contributed by atoms with Gasteiger partial charge in [0.1, 0.15) is 11.2 Å². The predicted molar refractivity (Wildman–Crippen MR) is 486 cm³/mol. The summed E-state index contributed by atoms with van der Waals surface area (Å²) in [7, 11) is 0. The molecule has 0 unspecified atom stereocenters. The molecule has 2 aliphatic heterocycles. The van der Waals surface area contributed by atoms with Crippen LogP contribution < -0.4 is 9.80 Å². The van der Waals surface area contributed by atoms with Gasteiger partial charge in [-0.3, -0.25) is 18.9 Å². The number of para-hydroxylation sites is 10. The topological polar surface area (TPSA) is 107 Å². The molecule has 2 aliphatic rings. The first-order valence-corrected chi connectivity index (χ1v) is 40.1. The van der Waals surface area contributed by atoms with Gasteiger partial charge in [-0.25, -0.2) is 29.9 Å². The van der Waals surface area contributed by atoms with Gasteiger partial charge in [0.25, 0.3) is 0 Å². The fraction of sp³-hybridized carbons (Fsp3) is 0. The molecule has 17 aromatic carbocycles. The van der Waals surface area contributed by atoms with E-state index in [1.807, 2.05) is 72.8 Å². The van der Waals surface area contributed by atoms with Crippen LogP contribution in [0.3, 0.4) is 0 Å². The first kappa shape index (κ1) is 68.4. The second-order valence-corrected chi connectivity index (χ2v) is 30.1. The molecule has 11 nitrogen and oxygen atoms in total. The lowest BCUT2D eigenvalue weighted by atomic mass is 9.91. The molecular formula is C108H68N10O. The Morgan fingerprint density at radius 1 is 0.210 bits per heavy atom. The highest BCUT2D eigenvalue weighted by Gasteiger charge is 2.33. The summed E-state index contributed by atoms with van der Waals surface area (Å²) in [6.07, 6.45) is 0. The van der Waals surface area contributed by atoms with E-state index in [2.05, 4.69) is 359 Å². The van der Waals surface area contributed by atoms with E-state index in [0.29, 0.717) is 11.6 Å². The molecule has 24 rings (SSSR count). The Bertz CT molecular complexity index is 7650. The molecule has 119 heavy (non-hydrogen) atoms. The van der Waals surface area contributed by atoms with E-state index in [1.54, 1.807) is 0 Å². The fourth-order valence-electron chi connectivity index (χ4n) is 17.6. The maximum absolute atomic E-state index is 6.68. The van der Waals surface area contributed by atoms with Crippen molar-refractivity contribution in [1.82, 2.24) is 39.0 Å². The van der Waals surface area contributed by atoms with Crippen molar-refractivity contribution in [3.05, 3.63) is 413 Å². The van der Waals surface area contributed by atoms with Gasteiger partial charge in [0.2, 0.25) is 11.9 Å². The quantitative estimate of drug-likeness (QED) is 0.124. The van der Waals surface area contributed by atoms with Crippen LogP contribution in [0.5, 0.6) is 0 Å². The van der Waals surface area contributed by atoms with Crippen LogP contribution in [-0.4, -0.2) is 39.0 Å². The molecule has 0 atom stereocenters. The third-order valence-corrected chi connectivity index (χ3v) is 23.0. The van der Waals surface area contributed by atoms with Gasteiger partial charge in [-0.1, -0.05) is 303 Å². The van der Waals surface area contributed by atoms with E-state index in [9.17, 15) is 0 Å². The van der Waals surface area contributed by atoms with E-state index in [-0.39, 0.29) is 0 Å². The van der Waals surface area contributed by atoms with Crippen molar-refractivity contribution in [1.29, 1.82) is 0 Å². The van der Waals surface area contributed by atoms with E-state index >= 15 is 0 Å². The number of nitrogens with zero attached hydrogens (tertiary/aromatic N) is 10. The summed E-state index contributed by atoms with van der Waals surface area (Å²) in [6, 6.07) is 145. The summed E-state index contributed by atoms with van der Waals surface area (Å²) < 4.78 is 11.3. The molecule has 5 aromatic heterocycles. The third kappa shape index (κ3) is 11.8. The van der Waals surface area contributed by atoms with Crippen molar-refractivity contribution in [2.24, 2.45) is 0 Å². The maximum atomic E-state index is 6.68. The number of imidazole rings is 2. The highest BCUT2D eigenvalue weighted by atomic mass is 16.3. The van der Waals surface area contributed by atoms with Crippen LogP contribution >= 0.6 is 0 Å². The molecule has 556 valence electrons. The number of fused-ring (bicyclic) bond motifs is 20. The zero-order valence-corrected chi connectivity index (χ0v) is 64.1. The largest absolute Gasteiger partial charge is 0.455 e. The highest BCUT2D eigenvalue weighted by molar-refractivity contribution is 6.15. The van der Waals surface area contributed by atoms with Gasteiger partial charge in [0.05, 0.1) is 79.0 Å². The van der Waals surface area contributed by atoms with Crippen LogP contribution in [0, 0.1) is 0 Å². The van der Waals surface area contributed by atoms with Gasteiger partial charge < -0.3 is 4.42 Å². The van der Waals surface area contributed by atoms with E-state index in [1.165, 1.54) is 21.5 Å². The Labute approximate surface area is 685 Å². The summed E-state index contributed by atoms with van der Waals surface area (Å²) in [5.74, 6) is 2.95. The molecule has 0 aliphatic carbocycles. The van der Waals surface area contributed by atoms with Gasteiger partial charge >= 0.3 is 0 Å². The maximum Gasteiger partial charge on any atom is 0.220 e. The number of hydrogen-bond acceptors (Lipinski definition) is 9. The van der Waals surface area contributed by atoms with Gasteiger partial charge in [-0.05, 0) is 147 Å². The lowest BCUT2D eigenvalue weighted by Gasteiger charge is -2.26. The van der Waals surface area contributed by atoms with E-state index in [0.717, 1.165) is 191 Å². The lowest BCUT2D eigenvalue weighted by Crippen LogP contribution is -2.14. The van der Waals surface area contributed by atoms with Crippen LogP contribution in [0.1, 0.15) is 0 Å². The lowest BCUT2D eigenvalue weighted by molar-refractivity contribution is 0.670. The van der Waals surface area contributed by atoms with Crippen molar-refractivity contribution >= 4 is 100 Å². The van der Waals surface area contributed by atoms with E-state index < -0.39 is 0 Å². The van der Waals surface area contributed by atoms with E-state index in [4.69, 9.17) is 34.3 Å². The first-order chi connectivity index (χ1) is 59.0. The minimum Gasteiger partial charge on any atom is -0.455 e. The minimum absolute atomic E-state index is 0.658. The second kappa shape index (κ2) is 28.4. The van der Waals surface area contributed by atoms with Crippen LogP contribution in [0.4, 0.5) is 34.6 Å². The Hall–Kier alpha value is -16.2. The standard InChI is InChI=1S/C55H35N5.C53H33N5O/c1-3-17-36(18-4-1)49-35-50(57-54(56-49)37-19-5-2-6-20-37)40-31-39(47-34-38-21-7-8-22-42(38)43-23-9-10-24-44(43)47)32-41(33-40)59-51-28-14-11-25-45(51)46-26-12-15-29-52(46)60-53-30-16-13-27-48(53)58-55(59)60;1-3-16-34(17-4-1)45-33-46(55-52(54-45)35-18-5-2-6-19-35)37-30-36(39-23-15-24-43-42-22-9-14-29-50(42)59-51(39)43)31-38(32-37)57-47-26-11-7-20-40(47)41-21-8-12-27-48(41)58-49-28-13-10-25-44(49)56-53(57)58/h1-35H;1-33H. The third-order valence-electron chi connectivity index (χ3n) is 23.0. The van der Waals surface area contributed by atoms with Crippen LogP contribution in [0.25, 0.3) is 189 Å². The second-order valence-electron chi connectivity index (χ2n) is 30.1. The molecule has 0 spiro atoms. The summed E-state index contributed by atoms with van der Waals surface area (Å²) in [6.45, 7) is 0. The summed E-state index contributed by atoms with van der Waals surface area (Å²) >= 11 is 0. The molecule has 0 bridgehead atoms. The van der Waals surface area contributed by atoms with Crippen molar-refractivity contribution < 1.29 is 4.42 Å². The van der Waals surface area contributed by atoms with Gasteiger partial charge in [-0.2, -0.15) is 0 Å². The molecule has 11 heteroatoms. The molecule has 0 radical (unpaired) electrons. The highest BCUT2D eigenvalue weighted by Crippen LogP contribution is 2.53. The first-order valence-electron chi connectivity index (χ1n) is 40.1. The molecule has 0 saturated carbocycles. The van der Waals surface area contributed by atoms with Crippen molar-refractivity contribution in [2.45, 2.75) is 0 Å². The Kier molecular flexibility index (Phi) is 16.3. The van der Waals surface area contributed by atoms with Crippen molar-refractivity contribution in [3.8, 4) is 124 Å². The SMILES string of the molecule is c1ccc(-c2cc(-c3cc(-c4cc5ccccc5c5ccccc45)cc(N4c5ccccc5-c5ccccc5-n5c4nc4ccccc45)c3)nc(-c3ccccc3)n2)cc1.c1ccc(-c2cc(-c3cc(-c4cccc5c4oc4ccccc45)cc(N4c5ccccc5-c5ccccc5-n5c4nc4ccccc45)c3)nc(-c3ccccc3)n2)cc1. The Morgan fingerprint density at radius 3 is 1.08 bits per heavy atom. The number of benzene rings is 17. The molecule has 7 heterocycles. The van der Waals surface area contributed by atoms with Crippen molar-refractivity contribution in [2.75, 3.05) is 9.80 Å². The van der Waals surface area contributed by atoms with Crippen LogP contribution in [0.15, 0.2) is 417 Å². The minimum atomic E-state index is 0.658. The molecule has 0 N–H and O–H groups in total. The Morgan fingerprint density at radius 2 is 0.571 bits per heavy atom. The zero-order chi connectivity index (χ0) is 78.4. The summed E-state index contributed by atoms with van der Waals surface area (Å²) in [5, 5.41) is 6.99. The van der Waals surface area contributed by atoms with Gasteiger partial charge in [0, 0.05) is 72.0 Å². The number of furan rings is 1. The number of hydrogen-bond donors (Lipinski definition) is 0. The normalized spacial score (nSPS) is 12.0. The smallest absolute Gasteiger partial charge is 0.220 e. The zero-order valence-electron chi connectivity index (χ0n) is 64.1. The monoisotopic (exact) mass is 1520 g/mol. The fourth-order valence-corrected chi connectivity index (χ4v) is 17.6. The Balaban J connectivity index is 0.000000139. The average molecular weight is 1520 g/mol. The van der Waals surface area contributed by atoms with Gasteiger partial charge in [-0.15, -0.1) is 0 Å². The van der Waals surface area contributed by atoms with Crippen molar-refractivity contribution in [3.63, 3.8) is 0 Å². The number of rotatable bonds is 10.